The summed E-state index contributed by atoms with van der Waals surface area (Å²) in [7, 11) is 0. The van der Waals surface area contributed by atoms with E-state index < -0.39 is 17.1 Å². The highest BCUT2D eigenvalue weighted by atomic mass is 35.5. The predicted octanol–water partition coefficient (Wildman–Crippen LogP) is 6.32. The molecule has 2 heterocycles. The number of pyridine rings is 2. The van der Waals surface area contributed by atoms with Gasteiger partial charge in [0, 0.05) is 6.20 Å². The van der Waals surface area contributed by atoms with Crippen LogP contribution >= 0.6 is 11.6 Å². The van der Waals surface area contributed by atoms with Crippen LogP contribution in [0.2, 0.25) is 5.02 Å². The van der Waals surface area contributed by atoms with Crippen molar-refractivity contribution in [3.05, 3.63) is 85.0 Å². The van der Waals surface area contributed by atoms with Crippen molar-refractivity contribution < 1.29 is 14.2 Å². The first-order chi connectivity index (χ1) is 17.1. The molecule has 1 N–H and O–H groups in total. The highest BCUT2D eigenvalue weighted by Crippen LogP contribution is 2.43. The molecule has 5 nitrogen and oxygen atoms in total. The smallest absolute Gasteiger partial charge is 0.264 e. The van der Waals surface area contributed by atoms with Crippen LogP contribution in [0.1, 0.15) is 33.4 Å². The molecule has 2 aromatic heterocycles. The van der Waals surface area contributed by atoms with Crippen molar-refractivity contribution in [2.45, 2.75) is 47.8 Å². The van der Waals surface area contributed by atoms with Crippen molar-refractivity contribution >= 4 is 22.6 Å². The van der Waals surface area contributed by atoms with E-state index in [9.17, 15) is 9.90 Å². The summed E-state index contributed by atoms with van der Waals surface area (Å²) in [5, 5.41) is 11.5. The van der Waals surface area contributed by atoms with Gasteiger partial charge in [-0.1, -0.05) is 17.5 Å². The van der Waals surface area contributed by atoms with E-state index in [0.29, 0.717) is 0 Å². The number of halogens is 2. The summed E-state index contributed by atoms with van der Waals surface area (Å²) >= 11 is 6.48. The van der Waals surface area contributed by atoms with Gasteiger partial charge >= 0.3 is 0 Å². The van der Waals surface area contributed by atoms with E-state index in [1.807, 2.05) is 13.8 Å². The second-order valence-electron chi connectivity index (χ2n) is 8.82. The molecule has 4 aromatic rings. The molecular formula is C29H26ClFN2O3. The van der Waals surface area contributed by atoms with Crippen molar-refractivity contribution in [2.75, 3.05) is 0 Å². The largest absolute Gasteiger partial charge is 0.506 e. The van der Waals surface area contributed by atoms with Crippen LogP contribution in [-0.2, 0) is 13.2 Å². The molecule has 36 heavy (non-hydrogen) atoms. The van der Waals surface area contributed by atoms with Crippen LogP contribution in [-0.4, -0.2) is 14.7 Å². The third-order valence-electron chi connectivity index (χ3n) is 7.07. The zero-order valence-electron chi connectivity index (χ0n) is 20.8. The summed E-state index contributed by atoms with van der Waals surface area (Å²) in [6, 6.07) is 5.69. The molecule has 184 valence electrons. The summed E-state index contributed by atoms with van der Waals surface area (Å²) in [6.45, 7) is 10.2. The first-order valence-corrected chi connectivity index (χ1v) is 11.8. The lowest BCUT2D eigenvalue weighted by Gasteiger charge is -2.21. The number of rotatable bonds is 5. The lowest BCUT2D eigenvalue weighted by atomic mass is 9.90. The average molecular weight is 505 g/mol. The van der Waals surface area contributed by atoms with Gasteiger partial charge in [0.25, 0.3) is 5.56 Å². The van der Waals surface area contributed by atoms with Crippen LogP contribution in [0, 0.1) is 52.8 Å². The minimum atomic E-state index is -0.762. The van der Waals surface area contributed by atoms with Gasteiger partial charge in [-0.3, -0.25) is 9.36 Å². The third-order valence-corrected chi connectivity index (χ3v) is 7.37. The summed E-state index contributed by atoms with van der Waals surface area (Å²) in [6.07, 6.45) is 6.97. The maximum absolute atomic E-state index is 15.4. The Bertz CT molecular complexity index is 1600. The molecule has 0 unspecified atom stereocenters. The van der Waals surface area contributed by atoms with Gasteiger partial charge in [0.2, 0.25) is 0 Å². The van der Waals surface area contributed by atoms with Crippen LogP contribution in [0.4, 0.5) is 4.39 Å². The van der Waals surface area contributed by atoms with Crippen molar-refractivity contribution in [2.24, 2.45) is 0 Å². The Morgan fingerprint density at radius 2 is 1.69 bits per heavy atom. The molecule has 0 radical (unpaired) electrons. The number of hydrogen-bond acceptors (Lipinski definition) is 4. The number of aromatic nitrogens is 2. The van der Waals surface area contributed by atoms with Gasteiger partial charge < -0.3 is 9.84 Å². The molecule has 0 amide bonds. The Hall–Kier alpha value is -3.82. The number of benzene rings is 2. The predicted molar refractivity (Wildman–Crippen MR) is 141 cm³/mol. The zero-order chi connectivity index (χ0) is 26.3. The minimum Gasteiger partial charge on any atom is -0.506 e. The summed E-state index contributed by atoms with van der Waals surface area (Å²) in [4.78, 5) is 17.7. The second-order valence-corrected chi connectivity index (χ2v) is 9.23. The fraction of sp³-hybridized carbons (Fsp3) is 0.241. The topological polar surface area (TPSA) is 64.3 Å². The van der Waals surface area contributed by atoms with Gasteiger partial charge in [-0.25, -0.2) is 9.37 Å². The van der Waals surface area contributed by atoms with Crippen molar-refractivity contribution in [3.8, 4) is 35.0 Å². The maximum Gasteiger partial charge on any atom is 0.264 e. The lowest BCUT2D eigenvalue weighted by Crippen LogP contribution is -2.23. The fourth-order valence-corrected chi connectivity index (χ4v) is 4.79. The Kier molecular flexibility index (Phi) is 6.79. The average Bonchev–Trinajstić information content (AvgIpc) is 2.87. The van der Waals surface area contributed by atoms with Crippen LogP contribution in [0.3, 0.4) is 0 Å². The highest BCUT2D eigenvalue weighted by molar-refractivity contribution is 6.32. The molecule has 0 saturated carbocycles. The molecule has 0 aliphatic heterocycles. The van der Waals surface area contributed by atoms with E-state index in [2.05, 4.69) is 31.7 Å². The monoisotopic (exact) mass is 504 g/mol. The third kappa shape index (κ3) is 4.00. The van der Waals surface area contributed by atoms with Crippen molar-refractivity contribution in [3.63, 3.8) is 0 Å². The standard InChI is InChI=1S/C29H26ClFN2O3/c1-7-13-33-28-20(9-8-12-32-28)26(34)25(29(33)35)24-23(31)11-10-22(30)27(24)36-14-21-18(5)16(3)15(2)17(4)19(21)6/h1,8-12,34H,13-14H2,2-6H3. The van der Waals surface area contributed by atoms with E-state index in [1.54, 1.807) is 12.1 Å². The first kappa shape index (κ1) is 25.3. The number of fused-ring (bicyclic) bond motifs is 1. The number of hydrogen-bond donors (Lipinski definition) is 1. The Balaban J connectivity index is 1.96. The quantitative estimate of drug-likeness (QED) is 0.323. The second kappa shape index (κ2) is 9.67. The van der Waals surface area contributed by atoms with Crippen molar-refractivity contribution in [1.29, 1.82) is 0 Å². The van der Waals surface area contributed by atoms with Gasteiger partial charge in [0.05, 0.1) is 28.1 Å². The van der Waals surface area contributed by atoms with Crippen LogP contribution in [0.5, 0.6) is 11.5 Å². The molecule has 0 saturated heterocycles. The van der Waals surface area contributed by atoms with E-state index in [0.717, 1.165) is 33.9 Å². The number of terminal acetylenes is 1. The molecular weight excluding hydrogens is 479 g/mol. The number of nitrogens with zero attached hydrogens (tertiary/aromatic N) is 2. The van der Waals surface area contributed by atoms with Gasteiger partial charge in [0.15, 0.2) is 0 Å². The molecule has 7 heteroatoms. The minimum absolute atomic E-state index is 0.0331. The summed E-state index contributed by atoms with van der Waals surface area (Å²) < 4.78 is 22.8. The van der Waals surface area contributed by atoms with E-state index >= 15 is 4.39 Å². The van der Waals surface area contributed by atoms with Crippen LogP contribution in [0.25, 0.3) is 22.2 Å². The number of ether oxygens (including phenoxy) is 1. The van der Waals surface area contributed by atoms with E-state index in [-0.39, 0.29) is 46.1 Å². The molecule has 0 aliphatic rings. The normalized spacial score (nSPS) is 11.1. The fourth-order valence-electron chi connectivity index (χ4n) is 4.57. The molecule has 4 rings (SSSR count). The van der Waals surface area contributed by atoms with E-state index in [4.69, 9.17) is 22.8 Å². The summed E-state index contributed by atoms with van der Waals surface area (Å²) in [5.74, 6) is 1.21. The van der Waals surface area contributed by atoms with Crippen LogP contribution < -0.4 is 10.3 Å². The lowest BCUT2D eigenvalue weighted by molar-refractivity contribution is 0.304. The molecule has 2 aromatic carbocycles. The molecule has 0 atom stereocenters. The molecule has 0 aliphatic carbocycles. The van der Waals surface area contributed by atoms with E-state index in [1.165, 1.54) is 22.4 Å². The van der Waals surface area contributed by atoms with Gasteiger partial charge in [-0.15, -0.1) is 6.42 Å². The maximum atomic E-state index is 15.4. The van der Waals surface area contributed by atoms with Gasteiger partial charge in [-0.2, -0.15) is 0 Å². The van der Waals surface area contributed by atoms with Crippen LogP contribution in [0.15, 0.2) is 35.3 Å². The summed E-state index contributed by atoms with van der Waals surface area (Å²) in [5.41, 5.74) is 5.60. The Labute approximate surface area is 214 Å². The van der Waals surface area contributed by atoms with Gasteiger partial charge in [0.1, 0.15) is 29.6 Å². The first-order valence-electron chi connectivity index (χ1n) is 11.4. The highest BCUT2D eigenvalue weighted by Gasteiger charge is 2.26. The zero-order valence-corrected chi connectivity index (χ0v) is 21.5. The Morgan fingerprint density at radius 3 is 2.33 bits per heavy atom. The number of aromatic hydroxyl groups is 1. The molecule has 0 spiro atoms. The molecule has 0 fully saturated rings. The van der Waals surface area contributed by atoms with Crippen molar-refractivity contribution in [1.82, 2.24) is 9.55 Å². The Morgan fingerprint density at radius 1 is 1.06 bits per heavy atom. The SMILES string of the molecule is C#CCn1c(=O)c(-c2c(F)ccc(Cl)c2OCc2c(C)c(C)c(C)c(C)c2C)c(O)c2cccnc21. The van der Waals surface area contributed by atoms with Gasteiger partial charge in [-0.05, 0) is 92.3 Å². The molecule has 0 bridgehead atoms.